The summed E-state index contributed by atoms with van der Waals surface area (Å²) in [6, 6.07) is 20.2. The molecule has 2 aliphatic carbocycles. The topological polar surface area (TPSA) is 214 Å². The lowest BCUT2D eigenvalue weighted by atomic mass is 9.70. The molecule has 0 unspecified atom stereocenters. The van der Waals surface area contributed by atoms with Gasteiger partial charge in [0.05, 0.1) is 40.2 Å². The van der Waals surface area contributed by atoms with Crippen LogP contribution in [0.2, 0.25) is 0 Å². The number of carbonyl (C=O) groups excluding carboxylic acids is 1. The summed E-state index contributed by atoms with van der Waals surface area (Å²) in [5.74, 6) is 0.639. The van der Waals surface area contributed by atoms with Gasteiger partial charge in [0.15, 0.2) is 17.2 Å². The first-order valence-electron chi connectivity index (χ1n) is 26.9. The molecule has 400 valence electrons. The summed E-state index contributed by atoms with van der Waals surface area (Å²) >= 11 is 0. The highest BCUT2D eigenvalue weighted by Crippen LogP contribution is 2.50. The van der Waals surface area contributed by atoms with Gasteiger partial charge in [0.2, 0.25) is 0 Å². The van der Waals surface area contributed by atoms with Crippen molar-refractivity contribution >= 4 is 44.0 Å². The average molecular weight is 1050 g/mol. The standard InChI is InChI=1S/C56H70N8O10S/c1-36(2)41-7-4-5-8-42(41)43-9-6-10-46(43)63-34-56(35-63)18-21-62(22-19-56)39-11-12-44(48(30-39)74-50-29-38-15-20-57-52(38)59-54(50)72-28-25-61-23-26-71-27-24-61)53(65)60-75(69,70)40-31-47(64(67)68)51-49(32-40)73-33-45(58-51)37-13-16-55(3,66)17-14-37/h4-5,7-8,11-12,15,20,29-32,36-37,43,45-46,58,66H,6,9-10,13-14,16-19,21-28,33-35H2,1-3H3,(H,57,59)(H,60,65)/t37-,43-,45+,46-,55-/m0/s1. The third kappa shape index (κ3) is 10.8. The fourth-order valence-corrected chi connectivity index (χ4v) is 13.7. The molecule has 4 N–H and O–H groups in total. The van der Waals surface area contributed by atoms with E-state index in [1.807, 2.05) is 19.1 Å². The van der Waals surface area contributed by atoms with E-state index in [4.69, 9.17) is 23.9 Å². The van der Waals surface area contributed by atoms with Gasteiger partial charge in [-0.05, 0) is 117 Å². The Bertz CT molecular complexity index is 3020. The number of aromatic nitrogens is 2. The number of morpholine rings is 1. The van der Waals surface area contributed by atoms with Crippen molar-refractivity contribution in [3.63, 3.8) is 0 Å². The number of aromatic amines is 1. The number of H-pyrrole nitrogens is 1. The highest BCUT2D eigenvalue weighted by Gasteiger charge is 2.49. The summed E-state index contributed by atoms with van der Waals surface area (Å²) in [5.41, 5.74) is 3.35. The molecule has 0 bridgehead atoms. The number of fused-ring (bicyclic) bond motifs is 2. The molecule has 6 aliphatic rings. The van der Waals surface area contributed by atoms with Gasteiger partial charge in [-0.25, -0.2) is 13.1 Å². The maximum atomic E-state index is 14.5. The first-order valence-corrected chi connectivity index (χ1v) is 28.4. The number of amides is 1. The lowest BCUT2D eigenvalue weighted by Gasteiger charge is -2.57. The van der Waals surface area contributed by atoms with E-state index in [9.17, 15) is 28.4 Å². The number of nitro groups is 1. The van der Waals surface area contributed by atoms with Crippen molar-refractivity contribution in [2.75, 3.05) is 82.5 Å². The van der Waals surface area contributed by atoms with Gasteiger partial charge in [0.1, 0.15) is 24.6 Å². The highest BCUT2D eigenvalue weighted by atomic mass is 32.2. The molecule has 18 nitrogen and oxygen atoms in total. The van der Waals surface area contributed by atoms with E-state index in [2.05, 4.69) is 67.8 Å². The van der Waals surface area contributed by atoms with Crippen LogP contribution < -0.4 is 29.1 Å². The zero-order valence-corrected chi connectivity index (χ0v) is 44.0. The van der Waals surface area contributed by atoms with Crippen molar-refractivity contribution in [1.82, 2.24) is 24.5 Å². The average Bonchev–Trinajstić information content (AvgIpc) is 4.08. The van der Waals surface area contributed by atoms with E-state index < -0.39 is 37.0 Å². The molecule has 3 aromatic carbocycles. The van der Waals surface area contributed by atoms with Crippen molar-refractivity contribution in [3.8, 4) is 23.1 Å². The molecule has 3 atom stereocenters. The number of anilines is 2. The number of hydrogen-bond acceptors (Lipinski definition) is 15. The summed E-state index contributed by atoms with van der Waals surface area (Å²) < 4.78 is 55.2. The summed E-state index contributed by atoms with van der Waals surface area (Å²) in [4.78, 5) is 41.0. The number of likely N-dealkylation sites (tertiary alicyclic amines) is 1. The SMILES string of the molecule is CC(C)c1ccccc1[C@@H]1CCC[C@@H]1N1CC2(CCN(c3ccc(C(=O)NS(=O)(=O)c4cc5c(c([N+](=O)[O-])c4)N[C@@H]([C@H]4CC[C@](C)(O)CC4)CO5)c(Oc4cc5cc[nH]c5nc4OCCN4CCOCC4)c3)CC2)C1. The lowest BCUT2D eigenvalue weighted by molar-refractivity contribution is -0.384. The number of rotatable bonds is 15. The number of nitrogens with zero attached hydrogens (tertiary/aromatic N) is 5. The molecule has 0 radical (unpaired) electrons. The smallest absolute Gasteiger partial charge is 0.297 e. The molecule has 5 aromatic rings. The van der Waals surface area contributed by atoms with E-state index in [0.717, 1.165) is 69.3 Å². The van der Waals surface area contributed by atoms with E-state index in [1.165, 1.54) is 36.5 Å². The molecule has 2 aromatic heterocycles. The molecule has 1 amide bonds. The first kappa shape index (κ1) is 51.1. The quantitative estimate of drug-likeness (QED) is 0.0571. The minimum absolute atomic E-state index is 0.00804. The molecule has 19 heteroatoms. The number of pyridine rings is 1. The maximum absolute atomic E-state index is 14.5. The number of nitro benzene ring substituents is 1. The molecular formula is C56H70N8O10S. The highest BCUT2D eigenvalue weighted by molar-refractivity contribution is 7.90. The minimum atomic E-state index is -4.73. The van der Waals surface area contributed by atoms with E-state index in [-0.39, 0.29) is 58.4 Å². The van der Waals surface area contributed by atoms with Crippen LogP contribution >= 0.6 is 0 Å². The summed E-state index contributed by atoms with van der Waals surface area (Å²) in [6.07, 6.45) is 10.1. The van der Waals surface area contributed by atoms with Crippen LogP contribution in [-0.2, 0) is 14.8 Å². The van der Waals surface area contributed by atoms with Gasteiger partial charge in [0, 0.05) is 87.3 Å². The van der Waals surface area contributed by atoms with Gasteiger partial charge in [-0.2, -0.15) is 4.98 Å². The predicted molar refractivity (Wildman–Crippen MR) is 285 cm³/mol. The molecule has 5 fully saturated rings. The summed E-state index contributed by atoms with van der Waals surface area (Å²) in [5, 5.41) is 27.0. The van der Waals surface area contributed by atoms with Crippen LogP contribution in [0.15, 0.2) is 77.8 Å². The van der Waals surface area contributed by atoms with E-state index >= 15 is 0 Å². The van der Waals surface area contributed by atoms with Gasteiger partial charge in [-0.1, -0.05) is 44.5 Å². The number of aliphatic hydroxyl groups is 1. The largest absolute Gasteiger partial charge is 0.489 e. The van der Waals surface area contributed by atoms with E-state index in [1.54, 1.807) is 24.4 Å². The summed E-state index contributed by atoms with van der Waals surface area (Å²) in [6.45, 7) is 14.1. The molecule has 1 spiro atoms. The third-order valence-electron chi connectivity index (χ3n) is 17.1. The van der Waals surface area contributed by atoms with Crippen molar-refractivity contribution in [1.29, 1.82) is 0 Å². The Morgan fingerprint density at radius 3 is 2.51 bits per heavy atom. The number of carbonyl (C=O) groups is 1. The van der Waals surface area contributed by atoms with Crippen LogP contribution in [-0.4, -0.2) is 134 Å². The third-order valence-corrected chi connectivity index (χ3v) is 18.4. The second-order valence-electron chi connectivity index (χ2n) is 22.5. The van der Waals surface area contributed by atoms with Crippen molar-refractivity contribution in [2.24, 2.45) is 11.3 Å². The number of nitrogens with one attached hydrogen (secondary N) is 3. The summed E-state index contributed by atoms with van der Waals surface area (Å²) in [7, 11) is -4.73. The Kier molecular flexibility index (Phi) is 14.2. The van der Waals surface area contributed by atoms with Crippen LogP contribution in [0, 0.1) is 21.4 Å². The lowest BCUT2D eigenvalue weighted by Crippen LogP contribution is -2.63. The molecule has 11 rings (SSSR count). The number of benzene rings is 3. The van der Waals surface area contributed by atoms with Crippen molar-refractivity contribution in [2.45, 2.75) is 113 Å². The number of ether oxygens (including phenoxy) is 4. The van der Waals surface area contributed by atoms with Crippen LogP contribution in [0.5, 0.6) is 23.1 Å². The Hall–Kier alpha value is -5.99. The Morgan fingerprint density at radius 1 is 0.973 bits per heavy atom. The number of sulfonamides is 1. The molecule has 3 saturated heterocycles. The molecular weight excluding hydrogens is 977 g/mol. The van der Waals surface area contributed by atoms with Crippen LogP contribution in [0.1, 0.15) is 112 Å². The normalized spacial score (nSPS) is 25.1. The Labute approximate surface area is 438 Å². The van der Waals surface area contributed by atoms with Gasteiger partial charge >= 0.3 is 0 Å². The zero-order valence-electron chi connectivity index (χ0n) is 43.2. The molecule has 75 heavy (non-hydrogen) atoms. The zero-order chi connectivity index (χ0) is 52.1. The maximum Gasteiger partial charge on any atom is 0.297 e. The van der Waals surface area contributed by atoms with E-state index in [0.29, 0.717) is 75.6 Å². The number of piperidine rings is 1. The Morgan fingerprint density at radius 2 is 1.75 bits per heavy atom. The monoisotopic (exact) mass is 1050 g/mol. The minimum Gasteiger partial charge on any atom is -0.489 e. The van der Waals surface area contributed by atoms with Crippen molar-refractivity contribution in [3.05, 3.63) is 99.7 Å². The fourth-order valence-electron chi connectivity index (χ4n) is 12.7. The van der Waals surface area contributed by atoms with Crippen LogP contribution in [0.3, 0.4) is 0 Å². The second-order valence-corrected chi connectivity index (χ2v) is 24.2. The van der Waals surface area contributed by atoms with Gasteiger partial charge < -0.3 is 39.3 Å². The van der Waals surface area contributed by atoms with Crippen molar-refractivity contribution < 1.29 is 42.2 Å². The van der Waals surface area contributed by atoms with Crippen LogP contribution in [0.25, 0.3) is 11.0 Å². The Balaban J connectivity index is 0.839. The predicted octanol–water partition coefficient (Wildman–Crippen LogP) is 8.57. The fraction of sp³-hybridized carbons (Fsp3) is 0.536. The van der Waals surface area contributed by atoms with Gasteiger partial charge in [-0.3, -0.25) is 24.7 Å². The molecule has 6 heterocycles. The molecule has 4 aliphatic heterocycles. The van der Waals surface area contributed by atoms with Crippen LogP contribution in [0.4, 0.5) is 17.1 Å². The number of hydrogen-bond donors (Lipinski definition) is 4. The first-order chi connectivity index (χ1) is 36.1. The molecule has 2 saturated carbocycles. The second kappa shape index (κ2) is 20.9. The van der Waals surface area contributed by atoms with Gasteiger partial charge in [-0.15, -0.1) is 0 Å². The van der Waals surface area contributed by atoms with Gasteiger partial charge in [0.25, 0.3) is 27.5 Å².